The minimum atomic E-state index is -0.441. The maximum absolute atomic E-state index is 12.1. The number of primary amides is 1. The van der Waals surface area contributed by atoms with Gasteiger partial charge in [-0.05, 0) is 25.7 Å². The Kier molecular flexibility index (Phi) is 2.93. The molecule has 4 nitrogen and oxygen atoms in total. The van der Waals surface area contributed by atoms with Crippen molar-refractivity contribution in [2.24, 2.45) is 11.7 Å². The van der Waals surface area contributed by atoms with Crippen LogP contribution < -0.4 is 5.73 Å². The Morgan fingerprint density at radius 3 is 2.33 bits per heavy atom. The van der Waals surface area contributed by atoms with Gasteiger partial charge in [0.25, 0.3) is 0 Å². The lowest BCUT2D eigenvalue weighted by molar-refractivity contribution is -0.126. The van der Waals surface area contributed by atoms with Gasteiger partial charge in [0.05, 0.1) is 6.04 Å². The van der Waals surface area contributed by atoms with E-state index in [1.807, 2.05) is 0 Å². The number of carbonyl (C=O) groups is 2. The third-order valence-corrected chi connectivity index (χ3v) is 3.62. The molecule has 0 spiro atoms. The lowest BCUT2D eigenvalue weighted by Crippen LogP contribution is -2.45. The molecule has 1 heterocycles. The fourth-order valence-corrected chi connectivity index (χ4v) is 2.81. The van der Waals surface area contributed by atoms with Gasteiger partial charge in [0.2, 0.25) is 0 Å². The van der Waals surface area contributed by atoms with E-state index in [2.05, 4.69) is 0 Å². The minimum absolute atomic E-state index is 0.190. The molecule has 0 aromatic carbocycles. The van der Waals surface area contributed by atoms with Gasteiger partial charge >= 0.3 is 6.03 Å². The smallest absolute Gasteiger partial charge is 0.315 e. The van der Waals surface area contributed by atoms with E-state index in [4.69, 9.17) is 5.73 Å². The van der Waals surface area contributed by atoms with E-state index in [1.165, 1.54) is 0 Å². The highest BCUT2D eigenvalue weighted by molar-refractivity contribution is 5.90. The Morgan fingerprint density at radius 2 is 1.73 bits per heavy atom. The second-order valence-electron chi connectivity index (χ2n) is 4.57. The van der Waals surface area contributed by atoms with Crippen molar-refractivity contribution in [2.75, 3.05) is 6.54 Å². The fourth-order valence-electron chi connectivity index (χ4n) is 2.81. The van der Waals surface area contributed by atoms with Gasteiger partial charge in [-0.2, -0.15) is 0 Å². The topological polar surface area (TPSA) is 63.4 Å². The van der Waals surface area contributed by atoms with Crippen LogP contribution in [0.15, 0.2) is 0 Å². The first-order chi connectivity index (χ1) is 7.20. The quantitative estimate of drug-likeness (QED) is 0.746. The first-order valence-corrected chi connectivity index (χ1v) is 5.80. The summed E-state index contributed by atoms with van der Waals surface area (Å²) < 4.78 is 0. The number of nitrogens with zero attached hydrogens (tertiary/aromatic N) is 1. The average Bonchev–Trinajstić information content (AvgIpc) is 2.88. The van der Waals surface area contributed by atoms with Gasteiger partial charge < -0.3 is 10.6 Å². The summed E-state index contributed by atoms with van der Waals surface area (Å²) in [6.45, 7) is 0.651. The number of rotatable bonds is 2. The van der Waals surface area contributed by atoms with Crippen LogP contribution in [0.4, 0.5) is 4.79 Å². The zero-order chi connectivity index (χ0) is 10.8. The Balaban J connectivity index is 2.02. The highest BCUT2D eigenvalue weighted by Crippen LogP contribution is 2.30. The van der Waals surface area contributed by atoms with E-state index in [0.29, 0.717) is 6.54 Å². The molecule has 0 aromatic rings. The van der Waals surface area contributed by atoms with Gasteiger partial charge in [-0.3, -0.25) is 4.79 Å². The van der Waals surface area contributed by atoms with Gasteiger partial charge in [-0.25, -0.2) is 4.79 Å². The molecule has 2 rings (SSSR count). The van der Waals surface area contributed by atoms with E-state index in [1.54, 1.807) is 4.90 Å². The Bertz CT molecular complexity index is 272. The van der Waals surface area contributed by atoms with Crippen molar-refractivity contribution in [1.29, 1.82) is 0 Å². The van der Waals surface area contributed by atoms with Gasteiger partial charge in [0.15, 0.2) is 5.78 Å². The molecule has 15 heavy (non-hydrogen) atoms. The summed E-state index contributed by atoms with van der Waals surface area (Å²) in [5.74, 6) is 0.443. The third-order valence-electron chi connectivity index (χ3n) is 3.62. The third kappa shape index (κ3) is 1.98. The van der Waals surface area contributed by atoms with Crippen LogP contribution in [0.25, 0.3) is 0 Å². The molecule has 1 atom stereocenters. The van der Waals surface area contributed by atoms with Crippen LogP contribution in [0.2, 0.25) is 0 Å². The van der Waals surface area contributed by atoms with E-state index < -0.39 is 6.03 Å². The molecule has 0 radical (unpaired) electrons. The van der Waals surface area contributed by atoms with Crippen LogP contribution >= 0.6 is 0 Å². The van der Waals surface area contributed by atoms with Gasteiger partial charge in [0, 0.05) is 12.5 Å². The molecule has 2 amide bonds. The van der Waals surface area contributed by atoms with Crippen LogP contribution in [-0.2, 0) is 4.79 Å². The van der Waals surface area contributed by atoms with Crippen molar-refractivity contribution in [3.63, 3.8) is 0 Å². The van der Waals surface area contributed by atoms with E-state index in [0.717, 1.165) is 38.5 Å². The number of likely N-dealkylation sites (tertiary alicyclic amines) is 1. The summed E-state index contributed by atoms with van der Waals surface area (Å²) in [7, 11) is 0. The first-order valence-electron chi connectivity index (χ1n) is 5.80. The summed E-state index contributed by atoms with van der Waals surface area (Å²) in [4.78, 5) is 24.8. The molecule has 84 valence electrons. The second kappa shape index (κ2) is 4.21. The molecule has 2 aliphatic rings. The number of carbonyl (C=O) groups excluding carboxylic acids is 2. The molecule has 0 unspecified atom stereocenters. The van der Waals surface area contributed by atoms with Crippen molar-refractivity contribution in [2.45, 2.75) is 44.6 Å². The Labute approximate surface area is 89.8 Å². The number of amides is 2. The SMILES string of the molecule is NC(=O)N1CCC[C@H]1C(=O)C1CCCC1. The summed E-state index contributed by atoms with van der Waals surface area (Å²) in [6, 6.07) is -0.658. The number of Topliss-reactive ketones (excluding diaryl/α,β-unsaturated/α-hetero) is 1. The Morgan fingerprint density at radius 1 is 1.07 bits per heavy atom. The largest absolute Gasteiger partial charge is 0.351 e. The second-order valence-corrected chi connectivity index (χ2v) is 4.57. The number of nitrogens with two attached hydrogens (primary N) is 1. The Hall–Kier alpha value is -1.06. The molecule has 0 bridgehead atoms. The maximum atomic E-state index is 12.1. The van der Waals surface area contributed by atoms with Gasteiger partial charge in [-0.1, -0.05) is 12.8 Å². The maximum Gasteiger partial charge on any atom is 0.315 e. The lowest BCUT2D eigenvalue weighted by atomic mass is 9.95. The molecule has 1 saturated carbocycles. The summed E-state index contributed by atoms with van der Waals surface area (Å²) in [5, 5.41) is 0. The molecule has 4 heteroatoms. The van der Waals surface area contributed by atoms with Crippen molar-refractivity contribution < 1.29 is 9.59 Å². The summed E-state index contributed by atoms with van der Waals surface area (Å²) in [5.41, 5.74) is 5.26. The van der Waals surface area contributed by atoms with E-state index >= 15 is 0 Å². The molecule has 1 aliphatic carbocycles. The molecular weight excluding hydrogens is 192 g/mol. The van der Waals surface area contributed by atoms with Crippen molar-refractivity contribution >= 4 is 11.8 Å². The lowest BCUT2D eigenvalue weighted by Gasteiger charge is -2.23. The zero-order valence-electron chi connectivity index (χ0n) is 8.95. The zero-order valence-corrected chi connectivity index (χ0v) is 8.95. The normalized spacial score (nSPS) is 27.2. The van der Waals surface area contributed by atoms with E-state index in [-0.39, 0.29) is 17.7 Å². The van der Waals surface area contributed by atoms with Crippen LogP contribution in [0, 0.1) is 5.92 Å². The van der Waals surface area contributed by atoms with Crippen molar-refractivity contribution in [3.8, 4) is 0 Å². The summed E-state index contributed by atoms with van der Waals surface area (Å²) in [6.07, 6.45) is 6.02. The van der Waals surface area contributed by atoms with Crippen molar-refractivity contribution in [1.82, 2.24) is 4.90 Å². The summed E-state index contributed by atoms with van der Waals surface area (Å²) >= 11 is 0. The van der Waals surface area contributed by atoms with E-state index in [9.17, 15) is 9.59 Å². The average molecular weight is 210 g/mol. The molecule has 1 saturated heterocycles. The van der Waals surface area contributed by atoms with Crippen LogP contribution in [0.1, 0.15) is 38.5 Å². The highest BCUT2D eigenvalue weighted by atomic mass is 16.2. The first kappa shape index (κ1) is 10.5. The van der Waals surface area contributed by atoms with Crippen LogP contribution in [-0.4, -0.2) is 29.3 Å². The molecule has 2 N–H and O–H groups in total. The number of urea groups is 1. The minimum Gasteiger partial charge on any atom is -0.351 e. The number of hydrogen-bond acceptors (Lipinski definition) is 2. The van der Waals surface area contributed by atoms with Crippen LogP contribution in [0.5, 0.6) is 0 Å². The standard InChI is InChI=1S/C11H18N2O2/c12-11(15)13-7-3-6-9(13)10(14)8-4-1-2-5-8/h8-9H,1-7H2,(H2,12,15)/t9-/m0/s1. The highest BCUT2D eigenvalue weighted by Gasteiger charge is 2.37. The monoisotopic (exact) mass is 210 g/mol. The molecule has 2 fully saturated rings. The molecule has 0 aromatic heterocycles. The van der Waals surface area contributed by atoms with Crippen molar-refractivity contribution in [3.05, 3.63) is 0 Å². The van der Waals surface area contributed by atoms with Gasteiger partial charge in [0.1, 0.15) is 0 Å². The van der Waals surface area contributed by atoms with Crippen LogP contribution in [0.3, 0.4) is 0 Å². The number of ketones is 1. The fraction of sp³-hybridized carbons (Fsp3) is 0.818. The van der Waals surface area contributed by atoms with Gasteiger partial charge in [-0.15, -0.1) is 0 Å². The number of hydrogen-bond donors (Lipinski definition) is 1. The predicted molar refractivity (Wildman–Crippen MR) is 56.3 cm³/mol. The molecule has 1 aliphatic heterocycles. The predicted octanol–water partition coefficient (Wildman–Crippen LogP) is 1.29. The molecular formula is C11H18N2O2.